The molecule has 0 spiro atoms. The summed E-state index contributed by atoms with van der Waals surface area (Å²) in [5.74, 6) is 0. The van der Waals surface area contributed by atoms with Crippen molar-refractivity contribution in [2.45, 2.75) is 19.3 Å². The topological polar surface area (TPSA) is 0 Å². The monoisotopic (exact) mass is 198 g/mol. The molecule has 0 nitrogen and oxygen atoms in total. The molecule has 0 bridgehead atoms. The SMILES string of the molecule is S=CCCCc1ccc(Cl)cc1. The van der Waals surface area contributed by atoms with Crippen LogP contribution in [0.25, 0.3) is 0 Å². The zero-order valence-electron chi connectivity index (χ0n) is 6.79. The molecule has 64 valence electrons. The van der Waals surface area contributed by atoms with E-state index >= 15 is 0 Å². The molecule has 2 heteroatoms. The Labute approximate surface area is 83.6 Å². The molecule has 0 aliphatic heterocycles. The highest BCUT2D eigenvalue weighted by Crippen LogP contribution is 2.11. The number of rotatable bonds is 4. The van der Waals surface area contributed by atoms with Gasteiger partial charge in [0.05, 0.1) is 0 Å². The van der Waals surface area contributed by atoms with Crippen molar-refractivity contribution in [2.75, 3.05) is 0 Å². The Hall–Kier alpha value is -0.400. The summed E-state index contributed by atoms with van der Waals surface area (Å²) >= 11 is 10.5. The number of benzene rings is 1. The Balaban J connectivity index is 2.42. The maximum absolute atomic E-state index is 5.75. The van der Waals surface area contributed by atoms with Gasteiger partial charge in [-0.1, -0.05) is 36.0 Å². The number of hydrogen-bond donors (Lipinski definition) is 0. The molecule has 1 aromatic carbocycles. The highest BCUT2D eigenvalue weighted by atomic mass is 35.5. The number of halogens is 1. The number of unbranched alkanes of at least 4 members (excludes halogenated alkanes) is 1. The molecule has 0 aliphatic carbocycles. The lowest BCUT2D eigenvalue weighted by Crippen LogP contribution is -1.84. The summed E-state index contributed by atoms with van der Waals surface area (Å²) in [6, 6.07) is 7.97. The van der Waals surface area contributed by atoms with Gasteiger partial charge in [0.15, 0.2) is 0 Å². The molecule has 0 fully saturated rings. The standard InChI is InChI=1S/C10H11ClS/c11-10-6-4-9(5-7-10)3-1-2-8-12/h4-8H,1-3H2. The molecular formula is C10H11ClS. The van der Waals surface area contributed by atoms with Crippen molar-refractivity contribution in [3.8, 4) is 0 Å². The maximum atomic E-state index is 5.75. The van der Waals surface area contributed by atoms with E-state index in [1.807, 2.05) is 12.1 Å². The lowest BCUT2D eigenvalue weighted by Gasteiger charge is -1.98. The van der Waals surface area contributed by atoms with Crippen LogP contribution in [0.15, 0.2) is 24.3 Å². The van der Waals surface area contributed by atoms with Crippen LogP contribution in [0.3, 0.4) is 0 Å². The molecule has 0 radical (unpaired) electrons. The van der Waals surface area contributed by atoms with Gasteiger partial charge in [0, 0.05) is 5.02 Å². The molecule has 1 aromatic rings. The van der Waals surface area contributed by atoms with Gasteiger partial charge in [-0.15, -0.1) is 0 Å². The summed E-state index contributed by atoms with van der Waals surface area (Å²) in [6.45, 7) is 0. The van der Waals surface area contributed by atoms with Crippen molar-refractivity contribution in [1.82, 2.24) is 0 Å². The van der Waals surface area contributed by atoms with Gasteiger partial charge in [0.25, 0.3) is 0 Å². The molecule has 0 aromatic heterocycles. The minimum atomic E-state index is 0.800. The van der Waals surface area contributed by atoms with E-state index < -0.39 is 0 Å². The van der Waals surface area contributed by atoms with E-state index in [9.17, 15) is 0 Å². The van der Waals surface area contributed by atoms with Gasteiger partial charge in [0.2, 0.25) is 0 Å². The second-order valence-corrected chi connectivity index (χ2v) is 3.46. The van der Waals surface area contributed by atoms with Crippen molar-refractivity contribution >= 4 is 29.2 Å². The minimum Gasteiger partial charge on any atom is -0.0935 e. The number of aryl methyl sites for hydroxylation is 1. The fourth-order valence-electron chi connectivity index (χ4n) is 1.04. The van der Waals surface area contributed by atoms with Crippen molar-refractivity contribution in [3.63, 3.8) is 0 Å². The summed E-state index contributed by atoms with van der Waals surface area (Å²) in [6.07, 6.45) is 3.23. The third-order valence-electron chi connectivity index (χ3n) is 1.70. The van der Waals surface area contributed by atoms with E-state index in [1.54, 1.807) is 5.37 Å². The third-order valence-corrected chi connectivity index (χ3v) is 2.19. The molecule has 0 unspecified atom stereocenters. The fraction of sp³-hybridized carbons (Fsp3) is 0.300. The van der Waals surface area contributed by atoms with Crippen molar-refractivity contribution in [2.24, 2.45) is 0 Å². The zero-order valence-corrected chi connectivity index (χ0v) is 8.37. The predicted octanol–water partition coefficient (Wildman–Crippen LogP) is 3.66. The van der Waals surface area contributed by atoms with Crippen LogP contribution in [0, 0.1) is 0 Å². The Morgan fingerprint density at radius 3 is 2.50 bits per heavy atom. The minimum absolute atomic E-state index is 0.800. The van der Waals surface area contributed by atoms with Gasteiger partial charge >= 0.3 is 0 Å². The van der Waals surface area contributed by atoms with Crippen LogP contribution in [0.5, 0.6) is 0 Å². The normalized spacial score (nSPS) is 9.75. The first-order valence-electron chi connectivity index (χ1n) is 4.01. The average molecular weight is 199 g/mol. The zero-order chi connectivity index (χ0) is 8.81. The number of thiocarbonyl (C=S) groups is 1. The smallest absolute Gasteiger partial charge is 0.0406 e. The lowest BCUT2D eigenvalue weighted by atomic mass is 10.1. The Bertz CT molecular complexity index is 241. The van der Waals surface area contributed by atoms with Gasteiger partial charge in [-0.25, -0.2) is 0 Å². The highest BCUT2D eigenvalue weighted by Gasteiger charge is 1.91. The van der Waals surface area contributed by atoms with Crippen molar-refractivity contribution in [3.05, 3.63) is 34.9 Å². The number of hydrogen-bond acceptors (Lipinski definition) is 1. The average Bonchev–Trinajstić information content (AvgIpc) is 2.09. The maximum Gasteiger partial charge on any atom is 0.0406 e. The molecule has 0 aliphatic rings. The second-order valence-electron chi connectivity index (χ2n) is 2.69. The largest absolute Gasteiger partial charge is 0.0935 e. The Kier molecular flexibility index (Phi) is 4.26. The molecule has 0 heterocycles. The fourth-order valence-corrected chi connectivity index (χ4v) is 1.33. The Morgan fingerprint density at radius 2 is 1.92 bits per heavy atom. The second kappa shape index (κ2) is 5.28. The summed E-state index contributed by atoms with van der Waals surface area (Å²) in [4.78, 5) is 0. The van der Waals surface area contributed by atoms with Crippen LogP contribution in [0.2, 0.25) is 5.02 Å². The summed E-state index contributed by atoms with van der Waals surface area (Å²) < 4.78 is 0. The molecule has 0 N–H and O–H groups in total. The summed E-state index contributed by atoms with van der Waals surface area (Å²) in [5.41, 5.74) is 1.33. The molecule has 12 heavy (non-hydrogen) atoms. The van der Waals surface area contributed by atoms with Gasteiger partial charge in [-0.2, -0.15) is 0 Å². The first-order chi connectivity index (χ1) is 5.83. The van der Waals surface area contributed by atoms with Gasteiger partial charge in [0.1, 0.15) is 0 Å². The first-order valence-corrected chi connectivity index (χ1v) is 4.86. The molecular weight excluding hydrogens is 188 g/mol. The summed E-state index contributed by atoms with van der Waals surface area (Å²) in [7, 11) is 0. The lowest BCUT2D eigenvalue weighted by molar-refractivity contribution is 0.879. The molecule has 1 rings (SSSR count). The summed E-state index contributed by atoms with van der Waals surface area (Å²) in [5, 5.41) is 2.59. The van der Waals surface area contributed by atoms with E-state index in [0.717, 1.165) is 24.3 Å². The van der Waals surface area contributed by atoms with E-state index in [1.165, 1.54) is 5.56 Å². The quantitative estimate of drug-likeness (QED) is 0.526. The predicted molar refractivity (Wildman–Crippen MR) is 58.0 cm³/mol. The molecule has 0 atom stereocenters. The van der Waals surface area contributed by atoms with Crippen molar-refractivity contribution < 1.29 is 0 Å². The van der Waals surface area contributed by atoms with E-state index in [4.69, 9.17) is 23.8 Å². The molecule has 0 amide bonds. The first kappa shape index (κ1) is 9.69. The van der Waals surface area contributed by atoms with Crippen LogP contribution in [-0.2, 0) is 6.42 Å². The highest BCUT2D eigenvalue weighted by molar-refractivity contribution is 7.78. The van der Waals surface area contributed by atoms with Crippen LogP contribution in [0.1, 0.15) is 18.4 Å². The van der Waals surface area contributed by atoms with Crippen LogP contribution < -0.4 is 0 Å². The Morgan fingerprint density at radius 1 is 1.25 bits per heavy atom. The van der Waals surface area contributed by atoms with Gasteiger partial charge in [-0.05, 0) is 42.3 Å². The molecule has 0 saturated heterocycles. The third kappa shape index (κ3) is 3.33. The van der Waals surface area contributed by atoms with Crippen molar-refractivity contribution in [1.29, 1.82) is 0 Å². The van der Waals surface area contributed by atoms with E-state index in [2.05, 4.69) is 12.1 Å². The van der Waals surface area contributed by atoms with Gasteiger partial charge in [-0.3, -0.25) is 0 Å². The van der Waals surface area contributed by atoms with Crippen LogP contribution in [0.4, 0.5) is 0 Å². The van der Waals surface area contributed by atoms with Gasteiger partial charge < -0.3 is 0 Å². The van der Waals surface area contributed by atoms with Crippen LogP contribution >= 0.6 is 23.8 Å². The van der Waals surface area contributed by atoms with E-state index in [0.29, 0.717) is 0 Å². The van der Waals surface area contributed by atoms with E-state index in [-0.39, 0.29) is 0 Å². The molecule has 0 saturated carbocycles. The van der Waals surface area contributed by atoms with Crippen LogP contribution in [-0.4, -0.2) is 5.37 Å².